The van der Waals surface area contributed by atoms with Gasteiger partial charge < -0.3 is 10.1 Å². The Labute approximate surface area is 126 Å². The average Bonchev–Trinajstić information content (AvgIpc) is 2.54. The molecule has 2 aromatic carbocycles. The van der Waals surface area contributed by atoms with Crippen LogP contribution in [0.2, 0.25) is 0 Å². The van der Waals surface area contributed by atoms with Gasteiger partial charge in [0.1, 0.15) is 0 Å². The molecule has 0 heterocycles. The van der Waals surface area contributed by atoms with Gasteiger partial charge in [-0.25, -0.2) is 0 Å². The molecule has 3 nitrogen and oxygen atoms in total. The highest BCUT2D eigenvalue weighted by molar-refractivity contribution is 5.71. The van der Waals surface area contributed by atoms with E-state index in [0.717, 1.165) is 5.56 Å². The van der Waals surface area contributed by atoms with Gasteiger partial charge in [-0.3, -0.25) is 4.79 Å². The molecule has 0 saturated heterocycles. The smallest absolute Gasteiger partial charge is 0.319 e. The van der Waals surface area contributed by atoms with E-state index < -0.39 is 0 Å². The summed E-state index contributed by atoms with van der Waals surface area (Å²) in [4.78, 5) is 11.3. The molecular weight excluding hydrogens is 262 g/mol. The van der Waals surface area contributed by atoms with Crippen LogP contribution in [-0.2, 0) is 9.53 Å². The van der Waals surface area contributed by atoms with Gasteiger partial charge in [0.25, 0.3) is 0 Å². The second-order valence-electron chi connectivity index (χ2n) is 4.90. The minimum absolute atomic E-state index is 0.110. The molecule has 0 aliphatic carbocycles. The summed E-state index contributed by atoms with van der Waals surface area (Å²) in [6.07, 6.45) is 0. The van der Waals surface area contributed by atoms with Crippen molar-refractivity contribution in [1.82, 2.24) is 5.32 Å². The molecule has 0 radical (unpaired) electrons. The van der Waals surface area contributed by atoms with Gasteiger partial charge in [-0.15, -0.1) is 0 Å². The maximum Gasteiger partial charge on any atom is 0.319 e. The zero-order valence-corrected chi connectivity index (χ0v) is 12.5. The number of esters is 1. The van der Waals surface area contributed by atoms with Crippen LogP contribution in [0.3, 0.4) is 0 Å². The Balaban J connectivity index is 1.97. The van der Waals surface area contributed by atoms with E-state index in [2.05, 4.69) is 41.7 Å². The number of carbonyl (C=O) groups is 1. The molecule has 0 amide bonds. The molecule has 0 bridgehead atoms. The highest BCUT2D eigenvalue weighted by Crippen LogP contribution is 2.21. The number of rotatable bonds is 6. The van der Waals surface area contributed by atoms with E-state index in [0.29, 0.717) is 6.61 Å². The maximum atomic E-state index is 11.3. The fraction of sp³-hybridized carbons (Fsp3) is 0.278. The monoisotopic (exact) mass is 283 g/mol. The zero-order chi connectivity index (χ0) is 15.1. The SMILES string of the molecule is CCOC(=O)CNC(C)c1ccc(-c2ccccc2)cc1. The summed E-state index contributed by atoms with van der Waals surface area (Å²) in [7, 11) is 0. The van der Waals surface area contributed by atoms with Gasteiger partial charge in [0, 0.05) is 6.04 Å². The second kappa shape index (κ2) is 7.60. The van der Waals surface area contributed by atoms with E-state index in [1.54, 1.807) is 0 Å². The molecule has 0 aliphatic rings. The standard InChI is InChI=1S/C18H21NO2/c1-3-21-18(20)13-19-14(2)15-9-11-17(12-10-15)16-7-5-4-6-8-16/h4-12,14,19H,3,13H2,1-2H3. The highest BCUT2D eigenvalue weighted by Gasteiger charge is 2.08. The second-order valence-corrected chi connectivity index (χ2v) is 4.90. The van der Waals surface area contributed by atoms with Crippen molar-refractivity contribution in [2.24, 2.45) is 0 Å². The third-order valence-corrected chi connectivity index (χ3v) is 3.38. The molecule has 2 aromatic rings. The molecule has 0 aromatic heterocycles. The first kappa shape index (κ1) is 15.3. The topological polar surface area (TPSA) is 38.3 Å². The van der Waals surface area contributed by atoms with Crippen LogP contribution < -0.4 is 5.32 Å². The zero-order valence-electron chi connectivity index (χ0n) is 12.5. The Hall–Kier alpha value is -2.13. The Bertz CT molecular complexity index is 564. The predicted octanol–water partition coefficient (Wildman–Crippen LogP) is 3.57. The maximum absolute atomic E-state index is 11.3. The number of benzene rings is 2. The van der Waals surface area contributed by atoms with E-state index in [1.807, 2.05) is 32.0 Å². The molecular formula is C18H21NO2. The van der Waals surface area contributed by atoms with E-state index in [1.165, 1.54) is 11.1 Å². The number of carbonyl (C=O) groups excluding carboxylic acids is 1. The number of nitrogens with one attached hydrogen (secondary N) is 1. The summed E-state index contributed by atoms with van der Waals surface area (Å²) in [6, 6.07) is 18.8. The van der Waals surface area contributed by atoms with Crippen molar-refractivity contribution in [2.45, 2.75) is 19.9 Å². The van der Waals surface area contributed by atoms with Crippen molar-refractivity contribution in [3.05, 3.63) is 60.2 Å². The van der Waals surface area contributed by atoms with E-state index in [4.69, 9.17) is 4.74 Å². The van der Waals surface area contributed by atoms with E-state index >= 15 is 0 Å². The van der Waals surface area contributed by atoms with Crippen LogP contribution in [0, 0.1) is 0 Å². The van der Waals surface area contributed by atoms with Crippen molar-refractivity contribution < 1.29 is 9.53 Å². The van der Waals surface area contributed by atoms with E-state index in [9.17, 15) is 4.79 Å². The first-order valence-corrected chi connectivity index (χ1v) is 7.25. The third kappa shape index (κ3) is 4.43. The normalized spacial score (nSPS) is 11.9. The predicted molar refractivity (Wildman–Crippen MR) is 84.9 cm³/mol. The van der Waals surface area contributed by atoms with Crippen molar-refractivity contribution in [2.75, 3.05) is 13.2 Å². The Kier molecular flexibility index (Phi) is 5.52. The summed E-state index contributed by atoms with van der Waals surface area (Å²) in [5, 5.41) is 3.17. The average molecular weight is 283 g/mol. The lowest BCUT2D eigenvalue weighted by Crippen LogP contribution is -2.27. The molecule has 0 aliphatic heterocycles. The summed E-state index contributed by atoms with van der Waals surface area (Å²) in [5.41, 5.74) is 3.55. The van der Waals surface area contributed by atoms with Gasteiger partial charge in [0.15, 0.2) is 0 Å². The van der Waals surface area contributed by atoms with Gasteiger partial charge in [-0.1, -0.05) is 54.6 Å². The lowest BCUT2D eigenvalue weighted by atomic mass is 10.0. The van der Waals surface area contributed by atoms with Crippen molar-refractivity contribution in [1.29, 1.82) is 0 Å². The van der Waals surface area contributed by atoms with Crippen LogP contribution in [0.25, 0.3) is 11.1 Å². The molecule has 0 saturated carbocycles. The first-order chi connectivity index (χ1) is 10.2. The fourth-order valence-electron chi connectivity index (χ4n) is 2.16. The lowest BCUT2D eigenvalue weighted by Gasteiger charge is -2.14. The summed E-state index contributed by atoms with van der Waals surface area (Å²) in [6.45, 7) is 4.50. The van der Waals surface area contributed by atoms with Crippen LogP contribution in [0.4, 0.5) is 0 Å². The largest absolute Gasteiger partial charge is 0.465 e. The molecule has 1 N–H and O–H groups in total. The van der Waals surface area contributed by atoms with Gasteiger partial charge >= 0.3 is 5.97 Å². The van der Waals surface area contributed by atoms with Crippen LogP contribution in [0.1, 0.15) is 25.5 Å². The number of hydrogen-bond acceptors (Lipinski definition) is 3. The van der Waals surface area contributed by atoms with Crippen molar-refractivity contribution in [3.8, 4) is 11.1 Å². The van der Waals surface area contributed by atoms with Gasteiger partial charge in [-0.05, 0) is 30.5 Å². The highest BCUT2D eigenvalue weighted by atomic mass is 16.5. The van der Waals surface area contributed by atoms with Gasteiger partial charge in [0.2, 0.25) is 0 Å². The number of hydrogen-bond donors (Lipinski definition) is 1. The number of ether oxygens (including phenoxy) is 1. The third-order valence-electron chi connectivity index (χ3n) is 3.38. The Morgan fingerprint density at radius 1 is 1.05 bits per heavy atom. The Morgan fingerprint density at radius 2 is 1.67 bits per heavy atom. The van der Waals surface area contributed by atoms with E-state index in [-0.39, 0.29) is 18.6 Å². The van der Waals surface area contributed by atoms with Crippen LogP contribution >= 0.6 is 0 Å². The van der Waals surface area contributed by atoms with Crippen molar-refractivity contribution in [3.63, 3.8) is 0 Å². The molecule has 110 valence electrons. The molecule has 0 spiro atoms. The van der Waals surface area contributed by atoms with Gasteiger partial charge in [0.05, 0.1) is 13.2 Å². The van der Waals surface area contributed by atoms with Crippen molar-refractivity contribution >= 4 is 5.97 Å². The summed E-state index contributed by atoms with van der Waals surface area (Å²) < 4.78 is 4.90. The molecule has 1 unspecified atom stereocenters. The molecule has 21 heavy (non-hydrogen) atoms. The summed E-state index contributed by atoms with van der Waals surface area (Å²) >= 11 is 0. The Morgan fingerprint density at radius 3 is 2.29 bits per heavy atom. The first-order valence-electron chi connectivity index (χ1n) is 7.25. The van der Waals surface area contributed by atoms with Gasteiger partial charge in [-0.2, -0.15) is 0 Å². The molecule has 0 fully saturated rings. The minimum Gasteiger partial charge on any atom is -0.465 e. The summed E-state index contributed by atoms with van der Waals surface area (Å²) in [5.74, 6) is -0.217. The molecule has 3 heteroatoms. The van der Waals surface area contributed by atoms with Crippen LogP contribution in [0.15, 0.2) is 54.6 Å². The minimum atomic E-state index is -0.217. The van der Waals surface area contributed by atoms with Crippen LogP contribution in [-0.4, -0.2) is 19.1 Å². The molecule has 1 atom stereocenters. The van der Waals surface area contributed by atoms with Crippen LogP contribution in [0.5, 0.6) is 0 Å². The lowest BCUT2D eigenvalue weighted by molar-refractivity contribution is -0.142. The fourth-order valence-corrected chi connectivity index (χ4v) is 2.16. The molecule has 2 rings (SSSR count). The quantitative estimate of drug-likeness (QED) is 0.824.